The van der Waals surface area contributed by atoms with Gasteiger partial charge < -0.3 is 0 Å². The molecule has 0 unspecified atom stereocenters. The van der Waals surface area contributed by atoms with E-state index in [9.17, 15) is 4.79 Å². The molecule has 0 N–H and O–H groups in total. The highest BCUT2D eigenvalue weighted by Crippen LogP contribution is 2.24. The van der Waals surface area contributed by atoms with Gasteiger partial charge in [0.05, 0.1) is 5.52 Å². The van der Waals surface area contributed by atoms with Gasteiger partial charge in [0.15, 0.2) is 5.78 Å². The molecule has 0 atom stereocenters. The zero-order chi connectivity index (χ0) is 13.8. The van der Waals surface area contributed by atoms with E-state index in [2.05, 4.69) is 11.1 Å². The van der Waals surface area contributed by atoms with Crippen LogP contribution in [0.2, 0.25) is 0 Å². The van der Waals surface area contributed by atoms with E-state index in [-0.39, 0.29) is 5.78 Å². The average molecular weight is 265 g/mol. The number of carbonyl (C=O) groups is 1. The minimum atomic E-state index is 0.163. The number of allylic oxidation sites excluding steroid dienone is 2. The van der Waals surface area contributed by atoms with Gasteiger partial charge in [-0.1, -0.05) is 37.1 Å². The molecular formula is C18H19NO. The van der Waals surface area contributed by atoms with E-state index in [0.29, 0.717) is 0 Å². The van der Waals surface area contributed by atoms with Crippen LogP contribution in [0.3, 0.4) is 0 Å². The number of nitrogens with zero attached hydrogens (tertiary/aromatic N) is 1. The number of benzene rings is 1. The van der Waals surface area contributed by atoms with Crippen molar-refractivity contribution in [2.75, 3.05) is 0 Å². The number of pyridine rings is 1. The Balaban J connectivity index is 1.99. The van der Waals surface area contributed by atoms with Gasteiger partial charge in [0, 0.05) is 17.1 Å². The van der Waals surface area contributed by atoms with Crippen molar-refractivity contribution in [2.24, 2.45) is 0 Å². The predicted octanol–water partition coefficient (Wildman–Crippen LogP) is 4.70. The van der Waals surface area contributed by atoms with Crippen LogP contribution in [-0.4, -0.2) is 10.8 Å². The van der Waals surface area contributed by atoms with Crippen molar-refractivity contribution in [1.29, 1.82) is 0 Å². The Bertz CT molecular complexity index is 652. The van der Waals surface area contributed by atoms with E-state index in [1.54, 1.807) is 6.20 Å². The van der Waals surface area contributed by atoms with E-state index in [4.69, 9.17) is 0 Å². The highest BCUT2D eigenvalue weighted by atomic mass is 16.1. The molecule has 102 valence electrons. The Morgan fingerprint density at radius 3 is 2.80 bits per heavy atom. The van der Waals surface area contributed by atoms with E-state index >= 15 is 0 Å². The van der Waals surface area contributed by atoms with Crippen molar-refractivity contribution in [3.8, 4) is 0 Å². The van der Waals surface area contributed by atoms with Crippen LogP contribution in [0.5, 0.6) is 0 Å². The Morgan fingerprint density at radius 2 is 1.85 bits per heavy atom. The predicted molar refractivity (Wildman–Crippen MR) is 81.9 cm³/mol. The Morgan fingerprint density at radius 1 is 1.00 bits per heavy atom. The zero-order valence-corrected chi connectivity index (χ0v) is 11.6. The number of rotatable bonds is 2. The van der Waals surface area contributed by atoms with Gasteiger partial charge >= 0.3 is 0 Å². The molecule has 0 amide bonds. The normalized spacial score (nSPS) is 18.9. The minimum absolute atomic E-state index is 0.163. The average Bonchev–Trinajstić information content (AvgIpc) is 2.46. The summed E-state index contributed by atoms with van der Waals surface area (Å²) >= 11 is 0. The first-order valence-corrected chi connectivity index (χ1v) is 7.44. The molecule has 2 aromatic rings. The fraction of sp³-hybridized carbons (Fsp3) is 0.333. The van der Waals surface area contributed by atoms with Gasteiger partial charge in [0.25, 0.3) is 0 Å². The van der Waals surface area contributed by atoms with Crippen molar-refractivity contribution < 1.29 is 4.79 Å². The number of para-hydroxylation sites is 1. The van der Waals surface area contributed by atoms with Crippen LogP contribution < -0.4 is 0 Å². The SMILES string of the molecule is O=C(/C1=C/CCCCCC1)c1cccc2cccnc12. The Hall–Kier alpha value is -1.96. The number of Topliss-reactive ketones (excluding diaryl/α,β-unsaturated/α-hetero) is 1. The second kappa shape index (κ2) is 6.00. The summed E-state index contributed by atoms with van der Waals surface area (Å²) in [5.41, 5.74) is 2.54. The third-order valence-electron chi connectivity index (χ3n) is 3.96. The lowest BCUT2D eigenvalue weighted by Crippen LogP contribution is -2.06. The third kappa shape index (κ3) is 2.64. The summed E-state index contributed by atoms with van der Waals surface area (Å²) in [5, 5.41) is 1.03. The molecule has 0 spiro atoms. The van der Waals surface area contributed by atoms with Gasteiger partial charge in [-0.3, -0.25) is 9.78 Å². The van der Waals surface area contributed by atoms with Crippen LogP contribution in [0.15, 0.2) is 48.2 Å². The summed E-state index contributed by atoms with van der Waals surface area (Å²) in [6, 6.07) is 9.76. The first kappa shape index (κ1) is 13.0. The molecule has 0 radical (unpaired) electrons. The second-order valence-electron chi connectivity index (χ2n) is 5.39. The summed E-state index contributed by atoms with van der Waals surface area (Å²) in [7, 11) is 0. The molecule has 0 bridgehead atoms. The number of aromatic nitrogens is 1. The van der Waals surface area contributed by atoms with Crippen LogP contribution in [0, 0.1) is 0 Å². The van der Waals surface area contributed by atoms with Crippen molar-refractivity contribution in [3.05, 3.63) is 53.7 Å². The van der Waals surface area contributed by atoms with Gasteiger partial charge in [-0.05, 0) is 43.4 Å². The number of hydrogen-bond acceptors (Lipinski definition) is 2. The molecule has 0 aliphatic heterocycles. The smallest absolute Gasteiger partial charge is 0.190 e. The molecule has 3 rings (SSSR count). The summed E-state index contributed by atoms with van der Waals surface area (Å²) in [4.78, 5) is 17.2. The highest BCUT2D eigenvalue weighted by molar-refractivity contribution is 6.15. The van der Waals surface area contributed by atoms with Crippen molar-refractivity contribution in [2.45, 2.75) is 38.5 Å². The molecule has 1 aliphatic rings. The van der Waals surface area contributed by atoms with Gasteiger partial charge in [0.2, 0.25) is 0 Å². The summed E-state index contributed by atoms with van der Waals surface area (Å²) in [6.45, 7) is 0. The van der Waals surface area contributed by atoms with Gasteiger partial charge in [0.1, 0.15) is 0 Å². The largest absolute Gasteiger partial charge is 0.289 e. The lowest BCUT2D eigenvalue weighted by molar-refractivity contribution is 0.103. The molecule has 1 aliphatic carbocycles. The van der Waals surface area contributed by atoms with Crippen LogP contribution in [-0.2, 0) is 0 Å². The molecule has 1 heterocycles. The maximum absolute atomic E-state index is 12.8. The van der Waals surface area contributed by atoms with Crippen molar-refractivity contribution >= 4 is 16.7 Å². The maximum Gasteiger partial charge on any atom is 0.190 e. The lowest BCUT2D eigenvalue weighted by Gasteiger charge is -2.11. The molecule has 1 aromatic carbocycles. The van der Waals surface area contributed by atoms with Gasteiger partial charge in [-0.25, -0.2) is 0 Å². The minimum Gasteiger partial charge on any atom is -0.289 e. The van der Waals surface area contributed by atoms with Crippen LogP contribution in [0.4, 0.5) is 0 Å². The molecule has 2 heteroatoms. The van der Waals surface area contributed by atoms with E-state index in [1.165, 1.54) is 19.3 Å². The maximum atomic E-state index is 12.8. The number of carbonyl (C=O) groups excluding carboxylic acids is 1. The second-order valence-corrected chi connectivity index (χ2v) is 5.39. The van der Waals surface area contributed by atoms with Gasteiger partial charge in [-0.2, -0.15) is 0 Å². The fourth-order valence-corrected chi connectivity index (χ4v) is 2.86. The monoisotopic (exact) mass is 265 g/mol. The number of fused-ring (bicyclic) bond motifs is 1. The van der Waals surface area contributed by atoms with Crippen LogP contribution >= 0.6 is 0 Å². The fourth-order valence-electron chi connectivity index (χ4n) is 2.86. The summed E-state index contributed by atoms with van der Waals surface area (Å²) in [5.74, 6) is 0.163. The standard InChI is InChI=1S/C18H19NO/c20-18(15-8-4-2-1-3-5-9-15)16-12-6-10-14-11-7-13-19-17(14)16/h6-8,10-13H,1-5,9H2/b15-8+. The Kier molecular flexibility index (Phi) is 3.91. The van der Waals surface area contributed by atoms with E-state index in [0.717, 1.165) is 41.3 Å². The first-order valence-electron chi connectivity index (χ1n) is 7.44. The molecule has 2 nitrogen and oxygen atoms in total. The third-order valence-corrected chi connectivity index (χ3v) is 3.96. The summed E-state index contributed by atoms with van der Waals surface area (Å²) < 4.78 is 0. The molecule has 0 fully saturated rings. The highest BCUT2D eigenvalue weighted by Gasteiger charge is 2.16. The quantitative estimate of drug-likeness (QED) is 0.737. The number of hydrogen-bond donors (Lipinski definition) is 0. The lowest BCUT2D eigenvalue weighted by atomic mass is 9.93. The molecule has 20 heavy (non-hydrogen) atoms. The molecular weight excluding hydrogens is 246 g/mol. The summed E-state index contributed by atoms with van der Waals surface area (Å²) in [6.07, 6.45) is 10.7. The van der Waals surface area contributed by atoms with Crippen molar-refractivity contribution in [1.82, 2.24) is 4.98 Å². The first-order chi connectivity index (χ1) is 9.86. The zero-order valence-electron chi connectivity index (χ0n) is 11.6. The molecule has 0 saturated heterocycles. The van der Waals surface area contributed by atoms with E-state index < -0.39 is 0 Å². The van der Waals surface area contributed by atoms with Gasteiger partial charge in [-0.15, -0.1) is 0 Å². The van der Waals surface area contributed by atoms with E-state index in [1.807, 2.05) is 30.3 Å². The molecule has 1 aromatic heterocycles. The van der Waals surface area contributed by atoms with Crippen LogP contribution in [0.25, 0.3) is 10.9 Å². The Labute approximate surface area is 119 Å². The van der Waals surface area contributed by atoms with Crippen LogP contribution in [0.1, 0.15) is 48.9 Å². The molecule has 0 saturated carbocycles. The topological polar surface area (TPSA) is 30.0 Å². The number of ketones is 1. The van der Waals surface area contributed by atoms with Crippen molar-refractivity contribution in [3.63, 3.8) is 0 Å².